The minimum atomic E-state index is -0.237. The normalized spacial score (nSPS) is 16.5. The molecule has 1 aromatic carbocycles. The monoisotopic (exact) mass is 442 g/mol. The van der Waals surface area contributed by atoms with Crippen molar-refractivity contribution in [2.75, 3.05) is 6.61 Å². The van der Waals surface area contributed by atoms with Crippen molar-refractivity contribution in [1.29, 1.82) is 0 Å². The summed E-state index contributed by atoms with van der Waals surface area (Å²) in [6, 6.07) is 9.97. The first-order valence-electron chi connectivity index (χ1n) is 12.8. The molecule has 1 aliphatic carbocycles. The first kappa shape index (κ1) is 26.2. The van der Waals surface area contributed by atoms with Gasteiger partial charge in [0.25, 0.3) is 0 Å². The van der Waals surface area contributed by atoms with Gasteiger partial charge in [-0.25, -0.2) is 0 Å². The van der Waals surface area contributed by atoms with Crippen LogP contribution in [0.4, 0.5) is 0 Å². The highest BCUT2D eigenvalue weighted by Gasteiger charge is 2.21. The van der Waals surface area contributed by atoms with E-state index in [1.807, 2.05) is 30.3 Å². The zero-order valence-electron chi connectivity index (χ0n) is 19.9. The maximum atomic E-state index is 12.5. The molecule has 0 spiro atoms. The molecule has 0 aromatic heterocycles. The minimum absolute atomic E-state index is 0.212. The maximum Gasteiger partial charge on any atom is 0.306 e. The molecule has 2 rings (SSSR count). The number of esters is 2. The summed E-state index contributed by atoms with van der Waals surface area (Å²) in [5.41, 5.74) is 1.04. The van der Waals surface area contributed by atoms with Crippen LogP contribution in [0.2, 0.25) is 0 Å². The van der Waals surface area contributed by atoms with Crippen LogP contribution >= 0.6 is 0 Å². The van der Waals surface area contributed by atoms with E-state index in [1.54, 1.807) is 0 Å². The van der Waals surface area contributed by atoms with Crippen LogP contribution in [0.3, 0.4) is 0 Å². The molecular formula is C28H42O4. The second kappa shape index (κ2) is 16.5. The Balaban J connectivity index is 1.63. The molecule has 2 unspecified atom stereocenters. The Morgan fingerprint density at radius 2 is 1.66 bits per heavy atom. The molecule has 178 valence electrons. The number of ether oxygens (including phenoxy) is 2. The van der Waals surface area contributed by atoms with Crippen LogP contribution in [0.1, 0.15) is 108 Å². The summed E-state index contributed by atoms with van der Waals surface area (Å²) >= 11 is 0. The molecule has 1 aliphatic rings. The van der Waals surface area contributed by atoms with Crippen LogP contribution in [0.25, 0.3) is 0 Å². The predicted molar refractivity (Wildman–Crippen MR) is 129 cm³/mol. The van der Waals surface area contributed by atoms with Crippen LogP contribution in [-0.4, -0.2) is 18.5 Å². The zero-order valence-corrected chi connectivity index (χ0v) is 19.9. The SMILES string of the molecule is CCCCCCCCCOC(=O)CCCC(=O)OC(CC1C=CCCC1)c1ccccc1. The Hall–Kier alpha value is -2.10. The summed E-state index contributed by atoms with van der Waals surface area (Å²) < 4.78 is 11.2. The highest BCUT2D eigenvalue weighted by Crippen LogP contribution is 2.31. The van der Waals surface area contributed by atoms with Gasteiger partial charge in [-0.2, -0.15) is 0 Å². The fourth-order valence-corrected chi connectivity index (χ4v) is 4.19. The molecule has 0 aliphatic heterocycles. The fraction of sp³-hybridized carbons (Fsp3) is 0.643. The topological polar surface area (TPSA) is 52.6 Å². The van der Waals surface area contributed by atoms with E-state index in [2.05, 4.69) is 19.1 Å². The first-order valence-corrected chi connectivity index (χ1v) is 12.8. The minimum Gasteiger partial charge on any atom is -0.466 e. The van der Waals surface area contributed by atoms with E-state index >= 15 is 0 Å². The van der Waals surface area contributed by atoms with Gasteiger partial charge in [0.2, 0.25) is 0 Å². The van der Waals surface area contributed by atoms with Gasteiger partial charge in [0.15, 0.2) is 0 Å². The molecule has 0 heterocycles. The van der Waals surface area contributed by atoms with Gasteiger partial charge in [0.05, 0.1) is 6.61 Å². The molecule has 2 atom stereocenters. The first-order chi connectivity index (χ1) is 15.7. The second-order valence-corrected chi connectivity index (χ2v) is 8.94. The lowest BCUT2D eigenvalue weighted by atomic mass is 9.89. The number of rotatable bonds is 16. The smallest absolute Gasteiger partial charge is 0.306 e. The number of carbonyl (C=O) groups excluding carboxylic acids is 2. The number of hydrogen-bond acceptors (Lipinski definition) is 4. The lowest BCUT2D eigenvalue weighted by molar-refractivity contribution is -0.150. The number of allylic oxidation sites excluding steroid dienone is 2. The van der Waals surface area contributed by atoms with Crippen molar-refractivity contribution in [3.8, 4) is 0 Å². The van der Waals surface area contributed by atoms with Gasteiger partial charge in [-0.15, -0.1) is 0 Å². The highest BCUT2D eigenvalue weighted by molar-refractivity contribution is 5.72. The average Bonchev–Trinajstić information content (AvgIpc) is 2.81. The van der Waals surface area contributed by atoms with Crippen molar-refractivity contribution >= 4 is 11.9 Å². The summed E-state index contributed by atoms with van der Waals surface area (Å²) in [4.78, 5) is 24.4. The quantitative estimate of drug-likeness (QED) is 0.151. The number of hydrogen-bond donors (Lipinski definition) is 0. The summed E-state index contributed by atoms with van der Waals surface area (Å²) in [7, 11) is 0. The highest BCUT2D eigenvalue weighted by atomic mass is 16.5. The van der Waals surface area contributed by atoms with Gasteiger partial charge in [-0.05, 0) is 50.0 Å². The van der Waals surface area contributed by atoms with E-state index < -0.39 is 0 Å². The van der Waals surface area contributed by atoms with E-state index in [1.165, 1.54) is 38.5 Å². The molecule has 0 fully saturated rings. The van der Waals surface area contributed by atoms with Gasteiger partial charge in [0, 0.05) is 12.8 Å². The lowest BCUT2D eigenvalue weighted by Gasteiger charge is -2.24. The van der Waals surface area contributed by atoms with E-state index in [9.17, 15) is 9.59 Å². The Bertz CT molecular complexity index is 667. The van der Waals surface area contributed by atoms with Crippen LogP contribution in [0.15, 0.2) is 42.5 Å². The van der Waals surface area contributed by atoms with Gasteiger partial charge in [0.1, 0.15) is 6.10 Å². The average molecular weight is 443 g/mol. The Labute approximate surface area is 194 Å². The summed E-state index contributed by atoms with van der Waals surface area (Å²) in [5, 5.41) is 0. The van der Waals surface area contributed by atoms with Crippen LogP contribution in [-0.2, 0) is 19.1 Å². The molecule has 0 bridgehead atoms. The summed E-state index contributed by atoms with van der Waals surface area (Å²) in [6.07, 6.45) is 17.9. The Kier molecular flexibility index (Phi) is 13.5. The zero-order chi connectivity index (χ0) is 22.9. The maximum absolute atomic E-state index is 12.5. The molecule has 0 saturated heterocycles. The third-order valence-corrected chi connectivity index (χ3v) is 6.09. The van der Waals surface area contributed by atoms with Crippen LogP contribution in [0.5, 0.6) is 0 Å². The van der Waals surface area contributed by atoms with Crippen molar-refractivity contribution in [2.45, 2.75) is 103 Å². The molecule has 0 radical (unpaired) electrons. The summed E-state index contributed by atoms with van der Waals surface area (Å²) in [6.45, 7) is 2.71. The predicted octanol–water partition coefficient (Wildman–Crippen LogP) is 7.48. The van der Waals surface area contributed by atoms with E-state index in [-0.39, 0.29) is 30.9 Å². The Morgan fingerprint density at radius 3 is 2.38 bits per heavy atom. The van der Waals surface area contributed by atoms with E-state index in [4.69, 9.17) is 9.47 Å². The standard InChI is InChI=1S/C28H42O4/c1-2-3-4-5-6-7-14-22-31-27(29)20-15-21-28(30)32-26(25-18-12-9-13-19-25)23-24-16-10-8-11-17-24/h9-10,12-13,16,18-19,24,26H,2-8,11,14-15,17,20-23H2,1H3. The van der Waals surface area contributed by atoms with Crippen molar-refractivity contribution in [2.24, 2.45) is 5.92 Å². The number of benzene rings is 1. The van der Waals surface area contributed by atoms with Crippen LogP contribution < -0.4 is 0 Å². The molecule has 4 nitrogen and oxygen atoms in total. The molecular weight excluding hydrogens is 400 g/mol. The van der Waals surface area contributed by atoms with E-state index in [0.717, 1.165) is 37.7 Å². The number of carbonyl (C=O) groups is 2. The molecule has 1 aromatic rings. The molecule has 4 heteroatoms. The fourth-order valence-electron chi connectivity index (χ4n) is 4.19. The number of unbranched alkanes of at least 4 members (excludes halogenated alkanes) is 6. The van der Waals surface area contributed by atoms with Crippen molar-refractivity contribution < 1.29 is 19.1 Å². The van der Waals surface area contributed by atoms with Crippen LogP contribution in [0, 0.1) is 5.92 Å². The molecule has 0 N–H and O–H groups in total. The lowest BCUT2D eigenvalue weighted by Crippen LogP contribution is -2.16. The molecule has 0 amide bonds. The van der Waals surface area contributed by atoms with Crippen molar-refractivity contribution in [1.82, 2.24) is 0 Å². The largest absolute Gasteiger partial charge is 0.466 e. The molecule has 0 saturated carbocycles. The summed E-state index contributed by atoms with van der Waals surface area (Å²) in [5.74, 6) is -0.00219. The van der Waals surface area contributed by atoms with Crippen molar-refractivity contribution in [3.05, 3.63) is 48.0 Å². The van der Waals surface area contributed by atoms with Gasteiger partial charge in [-0.1, -0.05) is 87.9 Å². The molecule has 32 heavy (non-hydrogen) atoms. The van der Waals surface area contributed by atoms with Gasteiger partial charge < -0.3 is 9.47 Å². The van der Waals surface area contributed by atoms with Crippen molar-refractivity contribution in [3.63, 3.8) is 0 Å². The van der Waals surface area contributed by atoms with Gasteiger partial charge in [-0.3, -0.25) is 9.59 Å². The van der Waals surface area contributed by atoms with Gasteiger partial charge >= 0.3 is 11.9 Å². The van der Waals surface area contributed by atoms with E-state index in [0.29, 0.717) is 18.9 Å². The third-order valence-electron chi connectivity index (χ3n) is 6.09. The Morgan fingerprint density at radius 1 is 0.938 bits per heavy atom. The third kappa shape index (κ3) is 11.5. The second-order valence-electron chi connectivity index (χ2n) is 8.94.